The zero-order valence-electron chi connectivity index (χ0n) is 11.1. The Morgan fingerprint density at radius 2 is 2.00 bits per heavy atom. The van der Waals surface area contributed by atoms with E-state index in [4.69, 9.17) is 5.73 Å². The minimum absolute atomic E-state index is 0.0482. The topological polar surface area (TPSA) is 32.5 Å². The van der Waals surface area contributed by atoms with E-state index >= 15 is 0 Å². The van der Waals surface area contributed by atoms with Crippen LogP contribution >= 0.6 is 0 Å². The van der Waals surface area contributed by atoms with Crippen LogP contribution in [-0.2, 0) is 0 Å². The Morgan fingerprint density at radius 1 is 1.25 bits per heavy atom. The lowest BCUT2D eigenvalue weighted by Crippen LogP contribution is -2.56. The second-order valence-electron chi connectivity index (χ2n) is 6.46. The van der Waals surface area contributed by atoms with Crippen molar-refractivity contribution in [1.29, 1.82) is 0 Å². The molecule has 0 aromatic rings. The summed E-state index contributed by atoms with van der Waals surface area (Å²) >= 11 is 0. The molecule has 2 atom stereocenters. The first-order chi connectivity index (χ1) is 7.46. The van der Waals surface area contributed by atoms with Gasteiger partial charge in [-0.3, -0.25) is 0 Å². The van der Waals surface area contributed by atoms with Crippen LogP contribution in [0.3, 0.4) is 0 Å². The number of nitrogens with zero attached hydrogens (tertiary/aromatic N) is 2. The van der Waals surface area contributed by atoms with Crippen LogP contribution in [0.15, 0.2) is 0 Å². The lowest BCUT2D eigenvalue weighted by Gasteiger charge is -2.47. The van der Waals surface area contributed by atoms with E-state index in [0.717, 1.165) is 18.5 Å². The monoisotopic (exact) mass is 225 g/mol. The van der Waals surface area contributed by atoms with Crippen LogP contribution in [0.25, 0.3) is 0 Å². The van der Waals surface area contributed by atoms with E-state index in [0.29, 0.717) is 0 Å². The summed E-state index contributed by atoms with van der Waals surface area (Å²) in [5.41, 5.74) is 6.06. The van der Waals surface area contributed by atoms with E-state index in [1.165, 1.54) is 38.9 Å². The van der Waals surface area contributed by atoms with Crippen LogP contribution in [0.2, 0.25) is 0 Å². The van der Waals surface area contributed by atoms with E-state index in [9.17, 15) is 0 Å². The predicted molar refractivity (Wildman–Crippen MR) is 68.5 cm³/mol. The lowest BCUT2D eigenvalue weighted by molar-refractivity contribution is 0.0320. The average Bonchev–Trinajstić information content (AvgIpc) is 2.15. The molecule has 2 saturated heterocycles. The molecular weight excluding hydrogens is 198 g/mol. The van der Waals surface area contributed by atoms with Crippen molar-refractivity contribution in [3.8, 4) is 0 Å². The first-order valence-corrected chi connectivity index (χ1v) is 6.67. The van der Waals surface area contributed by atoms with Crippen molar-refractivity contribution in [3.63, 3.8) is 0 Å². The lowest BCUT2D eigenvalue weighted by atomic mass is 9.84. The summed E-state index contributed by atoms with van der Waals surface area (Å²) in [4.78, 5) is 5.14. The average molecular weight is 225 g/mol. The van der Waals surface area contributed by atoms with E-state index < -0.39 is 0 Å². The van der Waals surface area contributed by atoms with Crippen LogP contribution in [0.5, 0.6) is 0 Å². The molecule has 0 amide bonds. The first-order valence-electron chi connectivity index (χ1n) is 6.67. The fourth-order valence-electron chi connectivity index (χ4n) is 3.45. The van der Waals surface area contributed by atoms with Gasteiger partial charge in [-0.05, 0) is 59.2 Å². The fourth-order valence-corrected chi connectivity index (χ4v) is 3.45. The molecule has 0 saturated carbocycles. The molecule has 3 nitrogen and oxygen atoms in total. The Morgan fingerprint density at radius 3 is 2.69 bits per heavy atom. The molecule has 94 valence electrons. The van der Waals surface area contributed by atoms with Crippen LogP contribution in [0, 0.1) is 5.92 Å². The van der Waals surface area contributed by atoms with Gasteiger partial charge in [-0.15, -0.1) is 0 Å². The van der Waals surface area contributed by atoms with Crippen molar-refractivity contribution >= 4 is 0 Å². The van der Waals surface area contributed by atoms with Gasteiger partial charge in [0.1, 0.15) is 0 Å². The number of hydrogen-bond donors (Lipinski definition) is 1. The highest BCUT2D eigenvalue weighted by molar-refractivity contribution is 4.91. The third-order valence-corrected chi connectivity index (χ3v) is 4.06. The zero-order valence-corrected chi connectivity index (χ0v) is 11.1. The molecular formula is C13H27N3. The molecule has 2 rings (SSSR count). The van der Waals surface area contributed by atoms with Gasteiger partial charge in [0.05, 0.1) is 0 Å². The SMILES string of the molecule is CN1CCCC2CN(CC(C)(C)N)CCC21. The third-order valence-electron chi connectivity index (χ3n) is 4.06. The highest BCUT2D eigenvalue weighted by Crippen LogP contribution is 2.29. The maximum absolute atomic E-state index is 6.11. The molecule has 16 heavy (non-hydrogen) atoms. The Bertz CT molecular complexity index is 234. The summed E-state index contributed by atoms with van der Waals surface area (Å²) in [6.07, 6.45) is 4.12. The van der Waals surface area contributed by atoms with Crippen molar-refractivity contribution < 1.29 is 0 Å². The van der Waals surface area contributed by atoms with Crippen molar-refractivity contribution in [1.82, 2.24) is 9.80 Å². The molecule has 2 N–H and O–H groups in total. The Labute approximate surface area is 100.0 Å². The van der Waals surface area contributed by atoms with Crippen LogP contribution in [0.4, 0.5) is 0 Å². The molecule has 2 fully saturated rings. The normalized spacial score (nSPS) is 33.8. The van der Waals surface area contributed by atoms with E-state index in [2.05, 4.69) is 30.7 Å². The number of fused-ring (bicyclic) bond motifs is 1. The van der Waals surface area contributed by atoms with Gasteiger partial charge in [0.25, 0.3) is 0 Å². The minimum Gasteiger partial charge on any atom is -0.324 e. The fraction of sp³-hybridized carbons (Fsp3) is 1.00. The zero-order chi connectivity index (χ0) is 11.8. The molecule has 0 radical (unpaired) electrons. The molecule has 2 heterocycles. The Balaban J connectivity index is 1.90. The molecule has 3 heteroatoms. The number of rotatable bonds is 2. The molecule has 0 spiro atoms. The number of piperidine rings is 2. The summed E-state index contributed by atoms with van der Waals surface area (Å²) in [7, 11) is 2.29. The Hall–Kier alpha value is -0.120. The smallest absolute Gasteiger partial charge is 0.0226 e. The molecule has 2 aliphatic rings. The largest absolute Gasteiger partial charge is 0.324 e. The predicted octanol–water partition coefficient (Wildman–Crippen LogP) is 1.14. The third kappa shape index (κ3) is 2.96. The quantitative estimate of drug-likeness (QED) is 0.765. The van der Waals surface area contributed by atoms with Gasteiger partial charge in [-0.1, -0.05) is 0 Å². The molecule has 0 aromatic carbocycles. The van der Waals surface area contributed by atoms with E-state index in [1.807, 2.05) is 0 Å². The molecule has 0 bridgehead atoms. The van der Waals surface area contributed by atoms with Crippen molar-refractivity contribution in [3.05, 3.63) is 0 Å². The molecule has 0 aliphatic carbocycles. The van der Waals surface area contributed by atoms with Gasteiger partial charge >= 0.3 is 0 Å². The minimum atomic E-state index is -0.0482. The van der Waals surface area contributed by atoms with Crippen LogP contribution in [0.1, 0.15) is 33.1 Å². The van der Waals surface area contributed by atoms with Crippen LogP contribution < -0.4 is 5.73 Å². The maximum Gasteiger partial charge on any atom is 0.0226 e. The van der Waals surface area contributed by atoms with Crippen LogP contribution in [-0.4, -0.2) is 54.6 Å². The van der Waals surface area contributed by atoms with Crippen molar-refractivity contribution in [2.24, 2.45) is 11.7 Å². The first kappa shape index (κ1) is 12.3. The van der Waals surface area contributed by atoms with Crippen molar-refractivity contribution in [2.75, 3.05) is 33.2 Å². The summed E-state index contributed by atoms with van der Waals surface area (Å²) in [6, 6.07) is 0.839. The standard InChI is InChI=1S/C13H27N3/c1-13(2,14)10-16-8-6-12-11(9-16)5-4-7-15(12)3/h11-12H,4-10,14H2,1-3H3. The van der Waals surface area contributed by atoms with E-state index in [-0.39, 0.29) is 5.54 Å². The molecule has 0 aromatic heterocycles. The number of likely N-dealkylation sites (tertiary alicyclic amines) is 2. The number of nitrogens with two attached hydrogens (primary N) is 1. The highest BCUT2D eigenvalue weighted by atomic mass is 15.2. The summed E-state index contributed by atoms with van der Waals surface area (Å²) < 4.78 is 0. The van der Waals surface area contributed by atoms with Gasteiger partial charge < -0.3 is 15.5 Å². The Kier molecular flexibility index (Phi) is 3.57. The van der Waals surface area contributed by atoms with Gasteiger partial charge in [0, 0.05) is 24.7 Å². The van der Waals surface area contributed by atoms with Crippen molar-refractivity contribution in [2.45, 2.75) is 44.7 Å². The highest BCUT2D eigenvalue weighted by Gasteiger charge is 2.34. The van der Waals surface area contributed by atoms with Gasteiger partial charge in [-0.2, -0.15) is 0 Å². The van der Waals surface area contributed by atoms with Gasteiger partial charge in [0.2, 0.25) is 0 Å². The molecule has 2 unspecified atom stereocenters. The summed E-state index contributed by atoms with van der Waals surface area (Å²) in [5, 5.41) is 0. The maximum atomic E-state index is 6.11. The van der Waals surface area contributed by atoms with Gasteiger partial charge in [-0.25, -0.2) is 0 Å². The summed E-state index contributed by atoms with van der Waals surface area (Å²) in [5.74, 6) is 0.884. The number of hydrogen-bond acceptors (Lipinski definition) is 3. The summed E-state index contributed by atoms with van der Waals surface area (Å²) in [6.45, 7) is 9.09. The van der Waals surface area contributed by atoms with E-state index in [1.54, 1.807) is 0 Å². The second kappa shape index (κ2) is 4.63. The molecule has 2 aliphatic heterocycles. The second-order valence-corrected chi connectivity index (χ2v) is 6.46. The van der Waals surface area contributed by atoms with Gasteiger partial charge in [0.15, 0.2) is 0 Å².